The molecule has 4 atom stereocenters. The van der Waals surface area contributed by atoms with Crippen molar-refractivity contribution in [3.8, 4) is 16.9 Å². The van der Waals surface area contributed by atoms with E-state index in [1.54, 1.807) is 38.6 Å². The number of pyridine rings is 1. The Bertz CT molecular complexity index is 1590. The van der Waals surface area contributed by atoms with Crippen molar-refractivity contribution in [3.63, 3.8) is 0 Å². The van der Waals surface area contributed by atoms with Gasteiger partial charge in [-0.05, 0) is 68.7 Å². The van der Waals surface area contributed by atoms with Gasteiger partial charge in [0, 0.05) is 42.5 Å². The second-order valence-electron chi connectivity index (χ2n) is 11.5. The fourth-order valence-electron chi connectivity index (χ4n) is 6.83. The predicted molar refractivity (Wildman–Crippen MR) is 154 cm³/mol. The summed E-state index contributed by atoms with van der Waals surface area (Å²) in [5.41, 5.74) is 4.69. The molecule has 1 aromatic carbocycles. The summed E-state index contributed by atoms with van der Waals surface area (Å²) in [4.78, 5) is 47.4. The van der Waals surface area contributed by atoms with Gasteiger partial charge in [-0.1, -0.05) is 12.1 Å². The fraction of sp³-hybridized carbons (Fsp3) is 0.355. The van der Waals surface area contributed by atoms with Crippen molar-refractivity contribution in [2.24, 2.45) is 17.6 Å². The third-order valence-electron chi connectivity index (χ3n) is 8.60. The van der Waals surface area contributed by atoms with Gasteiger partial charge in [0.2, 0.25) is 5.78 Å². The van der Waals surface area contributed by atoms with Gasteiger partial charge in [-0.25, -0.2) is 0 Å². The number of fused-ring (bicyclic) bond motifs is 3. The quantitative estimate of drug-likeness (QED) is 0.241. The van der Waals surface area contributed by atoms with Gasteiger partial charge in [-0.3, -0.25) is 29.2 Å². The molecule has 6 N–H and O–H groups in total. The van der Waals surface area contributed by atoms with Crippen molar-refractivity contribution in [1.82, 2.24) is 14.8 Å². The minimum atomic E-state index is -2.67. The molecule has 0 saturated heterocycles. The number of aliphatic hydroxyl groups is 3. The summed E-state index contributed by atoms with van der Waals surface area (Å²) in [5, 5.41) is 45.1. The smallest absolute Gasteiger partial charge is 0.255 e. The highest BCUT2D eigenvalue weighted by molar-refractivity contribution is 6.24. The van der Waals surface area contributed by atoms with E-state index in [0.29, 0.717) is 24.2 Å². The molecular weight excluding hydrogens is 540 g/mol. The molecule has 11 heteroatoms. The number of rotatable bonds is 7. The van der Waals surface area contributed by atoms with Gasteiger partial charge in [0.15, 0.2) is 11.4 Å². The topological polar surface area (TPSA) is 178 Å². The first-order valence-corrected chi connectivity index (χ1v) is 13.6. The molecule has 1 heterocycles. The number of benzene rings is 1. The zero-order valence-corrected chi connectivity index (χ0v) is 23.7. The number of aliphatic hydroxyl groups excluding tert-OH is 2. The van der Waals surface area contributed by atoms with Crippen LogP contribution in [-0.4, -0.2) is 92.0 Å². The maximum atomic E-state index is 14.0. The van der Waals surface area contributed by atoms with Crippen LogP contribution >= 0.6 is 0 Å². The van der Waals surface area contributed by atoms with Crippen LogP contribution in [0.25, 0.3) is 16.9 Å². The second-order valence-corrected chi connectivity index (χ2v) is 11.5. The Morgan fingerprint density at radius 1 is 1.19 bits per heavy atom. The minimum absolute atomic E-state index is 0.0193. The monoisotopic (exact) mass is 574 g/mol. The molecule has 1 amide bonds. The number of Topliss-reactive ketones (excluding diaryl/α,β-unsaturated/α-hetero) is 2. The lowest BCUT2D eigenvalue weighted by atomic mass is 9.57. The molecule has 3 aliphatic rings. The number of primary amides is 1. The van der Waals surface area contributed by atoms with E-state index in [4.69, 9.17) is 5.73 Å². The first kappa shape index (κ1) is 29.2. The molecule has 1 aromatic heterocycles. The molecule has 3 aliphatic carbocycles. The van der Waals surface area contributed by atoms with E-state index < -0.39 is 58.0 Å². The van der Waals surface area contributed by atoms with E-state index >= 15 is 0 Å². The van der Waals surface area contributed by atoms with E-state index in [2.05, 4.69) is 16.5 Å². The van der Waals surface area contributed by atoms with Crippen LogP contribution in [0.5, 0.6) is 5.75 Å². The number of amides is 1. The van der Waals surface area contributed by atoms with Gasteiger partial charge >= 0.3 is 0 Å². The number of aromatic nitrogens is 1. The number of aromatic hydroxyl groups is 1. The van der Waals surface area contributed by atoms with Crippen molar-refractivity contribution in [2.45, 2.75) is 31.0 Å². The summed E-state index contributed by atoms with van der Waals surface area (Å²) < 4.78 is 0. The molecule has 1 saturated carbocycles. The van der Waals surface area contributed by atoms with Crippen LogP contribution in [0.3, 0.4) is 0 Å². The number of nitrogens with zero attached hydrogens (tertiary/aromatic N) is 3. The maximum Gasteiger partial charge on any atom is 0.255 e. The molecule has 1 fully saturated rings. The third-order valence-corrected chi connectivity index (χ3v) is 8.60. The molecule has 42 heavy (non-hydrogen) atoms. The molecule has 11 nitrogen and oxygen atoms in total. The summed E-state index contributed by atoms with van der Waals surface area (Å²) in [6.45, 7) is 5.07. The van der Waals surface area contributed by atoms with E-state index in [0.717, 1.165) is 11.1 Å². The number of phenols is 1. The lowest BCUT2D eigenvalue weighted by Gasteiger charge is -2.50. The maximum absolute atomic E-state index is 14.0. The molecule has 0 radical (unpaired) electrons. The Morgan fingerprint density at radius 2 is 1.90 bits per heavy atom. The van der Waals surface area contributed by atoms with Gasteiger partial charge < -0.3 is 26.2 Å². The number of likely N-dealkylation sites (N-methyl/N-ethyl adjacent to an activating group) is 2. The lowest BCUT2D eigenvalue weighted by molar-refractivity contribution is -0.153. The van der Waals surface area contributed by atoms with Crippen LogP contribution in [0.1, 0.15) is 23.1 Å². The molecule has 0 bridgehead atoms. The summed E-state index contributed by atoms with van der Waals surface area (Å²) >= 11 is 0. The summed E-state index contributed by atoms with van der Waals surface area (Å²) in [5.74, 6) is -6.81. The molecule has 2 aromatic rings. The van der Waals surface area contributed by atoms with Crippen LogP contribution in [0.15, 0.2) is 60.2 Å². The number of nitrogens with two attached hydrogens (primary N) is 1. The van der Waals surface area contributed by atoms with Gasteiger partial charge in [-0.2, -0.15) is 0 Å². The molecule has 5 rings (SSSR count). The number of ketones is 2. The highest BCUT2D eigenvalue weighted by Crippen LogP contribution is 2.53. The predicted octanol–water partition coefficient (Wildman–Crippen LogP) is 1.64. The average Bonchev–Trinajstić information content (AvgIpc) is 2.90. The van der Waals surface area contributed by atoms with E-state index in [1.807, 2.05) is 13.1 Å². The molecule has 0 aliphatic heterocycles. The van der Waals surface area contributed by atoms with Crippen LogP contribution < -0.4 is 5.73 Å². The van der Waals surface area contributed by atoms with Crippen molar-refractivity contribution >= 4 is 23.2 Å². The summed E-state index contributed by atoms with van der Waals surface area (Å²) in [6.07, 6.45) is 5.46. The average molecular weight is 575 g/mol. The van der Waals surface area contributed by atoms with E-state index in [-0.39, 0.29) is 29.7 Å². The SMILES string of the molecule is C=CCN(C)Cc1cncc(-c2ccc(O)c3c2C[C@H]2C[C@H]4[C@H](N(C)C)C(=O)C(C(N)=O)=C(O)[C@@]4(O)C(=O)C2=C3O)c1. The molecule has 0 unspecified atom stereocenters. The van der Waals surface area contributed by atoms with Crippen molar-refractivity contribution < 1.29 is 34.8 Å². The number of phenolic OH excluding ortho intramolecular Hbond substituents is 1. The highest BCUT2D eigenvalue weighted by Gasteiger charge is 2.64. The Hall–Kier alpha value is -4.32. The van der Waals surface area contributed by atoms with Crippen molar-refractivity contribution in [3.05, 3.63) is 76.8 Å². The Labute approximate surface area is 242 Å². The van der Waals surface area contributed by atoms with Crippen LogP contribution in [-0.2, 0) is 27.3 Å². The molecule has 220 valence electrons. The van der Waals surface area contributed by atoms with Gasteiger partial charge in [-0.15, -0.1) is 6.58 Å². The molecular formula is C31H34N4O7. The third kappa shape index (κ3) is 4.32. The highest BCUT2D eigenvalue weighted by atomic mass is 16.3. The normalized spacial score (nSPS) is 25.4. The van der Waals surface area contributed by atoms with Gasteiger partial charge in [0.1, 0.15) is 22.8 Å². The van der Waals surface area contributed by atoms with Crippen LogP contribution in [0, 0.1) is 11.8 Å². The van der Waals surface area contributed by atoms with Crippen LogP contribution in [0.4, 0.5) is 0 Å². The van der Waals surface area contributed by atoms with Crippen LogP contribution in [0.2, 0.25) is 0 Å². The zero-order chi connectivity index (χ0) is 30.7. The minimum Gasteiger partial charge on any atom is -0.508 e. The van der Waals surface area contributed by atoms with Crippen molar-refractivity contribution in [2.75, 3.05) is 27.7 Å². The number of carbonyl (C=O) groups excluding carboxylic acids is 3. The van der Waals surface area contributed by atoms with Crippen molar-refractivity contribution in [1.29, 1.82) is 0 Å². The molecule has 0 spiro atoms. The Kier molecular flexibility index (Phi) is 7.30. The largest absolute Gasteiger partial charge is 0.508 e. The number of carbonyl (C=O) groups is 3. The fourth-order valence-corrected chi connectivity index (χ4v) is 6.83. The van der Waals surface area contributed by atoms with E-state index in [1.165, 1.54) is 11.0 Å². The Morgan fingerprint density at radius 3 is 2.55 bits per heavy atom. The van der Waals surface area contributed by atoms with Gasteiger partial charge in [0.05, 0.1) is 11.6 Å². The van der Waals surface area contributed by atoms with Gasteiger partial charge in [0.25, 0.3) is 5.91 Å². The standard InChI is InChI=1S/C31H34N4O7/c1-5-8-35(4)14-15-9-17(13-33-12-15)18-6-7-21(36)23-19(18)10-16-11-20-25(34(2)3)27(38)24(30(32)41)29(40)31(20,42)28(39)22(16)26(23)37/h5-7,9,12-13,16,20,25,36-37,40,42H,1,8,10-11,14H2,2-4H3,(H2,32,41)/t16-,20-,25-,31-/m0/s1. The first-order valence-electron chi connectivity index (χ1n) is 13.6. The summed E-state index contributed by atoms with van der Waals surface area (Å²) in [7, 11) is 5.09. The second kappa shape index (κ2) is 10.5. The summed E-state index contributed by atoms with van der Waals surface area (Å²) in [6, 6.07) is 3.97. The number of hydrogen-bond acceptors (Lipinski definition) is 10. The Balaban J connectivity index is 1.66. The van der Waals surface area contributed by atoms with E-state index in [9.17, 15) is 34.8 Å². The number of hydrogen-bond donors (Lipinski definition) is 5. The first-order chi connectivity index (χ1) is 19.8. The zero-order valence-electron chi connectivity index (χ0n) is 23.7. The lowest BCUT2D eigenvalue weighted by Crippen LogP contribution is -2.65.